The summed E-state index contributed by atoms with van der Waals surface area (Å²) in [6.45, 7) is 1.21. The number of fused-ring (bicyclic) bond motifs is 1. The second-order valence-corrected chi connectivity index (χ2v) is 7.92. The molecule has 0 unspecified atom stereocenters. The zero-order chi connectivity index (χ0) is 19.7. The lowest BCUT2D eigenvalue weighted by atomic mass is 10.1. The highest BCUT2D eigenvalue weighted by molar-refractivity contribution is 14.1. The highest BCUT2D eigenvalue weighted by atomic mass is 127. The molecule has 2 amide bonds. The summed E-state index contributed by atoms with van der Waals surface area (Å²) in [7, 11) is 1.83. The maximum absolute atomic E-state index is 12.9. The van der Waals surface area contributed by atoms with Crippen LogP contribution in [0.2, 0.25) is 0 Å². The van der Waals surface area contributed by atoms with E-state index < -0.39 is 0 Å². The van der Waals surface area contributed by atoms with Gasteiger partial charge in [-0.25, -0.2) is 4.98 Å². The van der Waals surface area contributed by atoms with Crippen LogP contribution in [-0.4, -0.2) is 51.2 Å². The van der Waals surface area contributed by atoms with Crippen molar-refractivity contribution in [3.05, 3.63) is 59.3 Å². The standard InChI is InChI=1S/C21H22IN3O3/c1-24(18-7-6-14-4-2-3-5-16(14)18)21(27)17-13-28-20(23-17)15-8-10-25(11-9-15)19(26)12-22/h2-5,8,13,18H,6-7,9-12H2,1H3/t18-/m1/s1. The minimum atomic E-state index is -0.130. The second kappa shape index (κ2) is 8.06. The van der Waals surface area contributed by atoms with Gasteiger partial charge in [-0.2, -0.15) is 0 Å². The van der Waals surface area contributed by atoms with Crippen LogP contribution < -0.4 is 0 Å². The Morgan fingerprint density at radius 2 is 2.14 bits per heavy atom. The average Bonchev–Trinajstić information content (AvgIpc) is 3.40. The van der Waals surface area contributed by atoms with Crippen molar-refractivity contribution < 1.29 is 14.0 Å². The van der Waals surface area contributed by atoms with Crippen molar-refractivity contribution in [2.75, 3.05) is 24.6 Å². The van der Waals surface area contributed by atoms with Crippen molar-refractivity contribution in [3.8, 4) is 0 Å². The van der Waals surface area contributed by atoms with Crippen LogP contribution in [0.1, 0.15) is 46.4 Å². The predicted molar refractivity (Wildman–Crippen MR) is 114 cm³/mol. The third-order valence-corrected chi connectivity index (χ3v) is 6.22. The van der Waals surface area contributed by atoms with Crippen LogP contribution in [0, 0.1) is 0 Å². The van der Waals surface area contributed by atoms with Gasteiger partial charge in [0.2, 0.25) is 11.8 Å². The number of aromatic nitrogens is 1. The van der Waals surface area contributed by atoms with E-state index in [0.29, 0.717) is 35.5 Å². The lowest BCUT2D eigenvalue weighted by Crippen LogP contribution is -2.35. The fourth-order valence-electron chi connectivity index (χ4n) is 3.95. The van der Waals surface area contributed by atoms with E-state index in [-0.39, 0.29) is 17.9 Å². The number of rotatable bonds is 4. The summed E-state index contributed by atoms with van der Waals surface area (Å²) in [5.74, 6) is 0.484. The lowest BCUT2D eigenvalue weighted by Gasteiger charge is -2.25. The first kappa shape index (κ1) is 19.2. The number of carbonyl (C=O) groups is 2. The summed E-state index contributed by atoms with van der Waals surface area (Å²) < 4.78 is 6.08. The molecule has 0 saturated carbocycles. The van der Waals surface area contributed by atoms with Gasteiger partial charge in [0.1, 0.15) is 6.26 Å². The normalized spacial score (nSPS) is 18.6. The van der Waals surface area contributed by atoms with E-state index in [4.69, 9.17) is 4.42 Å². The molecule has 1 aliphatic heterocycles. The second-order valence-electron chi connectivity index (χ2n) is 7.16. The van der Waals surface area contributed by atoms with Crippen LogP contribution in [0.4, 0.5) is 0 Å². The van der Waals surface area contributed by atoms with Crippen LogP contribution in [0.3, 0.4) is 0 Å². The van der Waals surface area contributed by atoms with Crippen molar-refractivity contribution in [2.24, 2.45) is 0 Å². The van der Waals surface area contributed by atoms with E-state index in [1.54, 1.807) is 4.90 Å². The molecule has 1 aliphatic carbocycles. The quantitative estimate of drug-likeness (QED) is 0.486. The molecule has 0 saturated heterocycles. The van der Waals surface area contributed by atoms with Gasteiger partial charge >= 0.3 is 0 Å². The van der Waals surface area contributed by atoms with Gasteiger partial charge in [-0.15, -0.1) is 0 Å². The van der Waals surface area contributed by atoms with Crippen molar-refractivity contribution in [3.63, 3.8) is 0 Å². The molecule has 2 aromatic rings. The molecule has 2 aliphatic rings. The van der Waals surface area contributed by atoms with E-state index in [9.17, 15) is 9.59 Å². The summed E-state index contributed by atoms with van der Waals surface area (Å²) in [5, 5.41) is 0. The molecule has 4 rings (SSSR count). The van der Waals surface area contributed by atoms with E-state index in [0.717, 1.165) is 18.4 Å². The van der Waals surface area contributed by atoms with Crippen LogP contribution in [0.25, 0.3) is 5.57 Å². The van der Waals surface area contributed by atoms with E-state index in [1.165, 1.54) is 17.4 Å². The molecule has 1 aromatic carbocycles. The van der Waals surface area contributed by atoms with Gasteiger partial charge < -0.3 is 14.2 Å². The number of halogens is 1. The van der Waals surface area contributed by atoms with Crippen LogP contribution in [0.5, 0.6) is 0 Å². The van der Waals surface area contributed by atoms with E-state index in [1.807, 2.05) is 30.2 Å². The molecule has 0 radical (unpaired) electrons. The predicted octanol–water partition coefficient (Wildman–Crippen LogP) is 3.48. The Kier molecular flexibility index (Phi) is 5.52. The third-order valence-electron chi connectivity index (χ3n) is 5.56. The summed E-state index contributed by atoms with van der Waals surface area (Å²) in [4.78, 5) is 32.8. The monoisotopic (exact) mass is 491 g/mol. The number of hydrogen-bond acceptors (Lipinski definition) is 4. The minimum Gasteiger partial charge on any atom is -0.444 e. The van der Waals surface area contributed by atoms with Crippen LogP contribution >= 0.6 is 22.6 Å². The molecule has 146 valence electrons. The zero-order valence-corrected chi connectivity index (χ0v) is 17.9. The first-order valence-electron chi connectivity index (χ1n) is 9.42. The van der Waals surface area contributed by atoms with Crippen molar-refractivity contribution >= 4 is 40.0 Å². The van der Waals surface area contributed by atoms with Crippen LogP contribution in [0.15, 0.2) is 41.0 Å². The Labute approximate surface area is 177 Å². The number of hydrogen-bond donors (Lipinski definition) is 0. The van der Waals surface area contributed by atoms with Crippen LogP contribution in [-0.2, 0) is 11.2 Å². The highest BCUT2D eigenvalue weighted by Crippen LogP contribution is 2.35. The van der Waals surface area contributed by atoms with Crippen molar-refractivity contribution in [1.82, 2.24) is 14.8 Å². The van der Waals surface area contributed by atoms with Crippen molar-refractivity contribution in [2.45, 2.75) is 25.3 Å². The number of carbonyl (C=O) groups excluding carboxylic acids is 2. The fourth-order valence-corrected chi connectivity index (χ4v) is 4.44. The summed E-state index contributed by atoms with van der Waals surface area (Å²) >= 11 is 2.08. The molecule has 28 heavy (non-hydrogen) atoms. The van der Waals surface area contributed by atoms with E-state index in [2.05, 4.69) is 39.7 Å². The molecule has 6 nitrogen and oxygen atoms in total. The smallest absolute Gasteiger partial charge is 0.276 e. The van der Waals surface area contributed by atoms with Gasteiger partial charge in [-0.3, -0.25) is 9.59 Å². The number of amides is 2. The fraction of sp³-hybridized carbons (Fsp3) is 0.381. The molecule has 0 bridgehead atoms. The largest absolute Gasteiger partial charge is 0.444 e. The Balaban J connectivity index is 1.47. The minimum absolute atomic E-state index is 0.0746. The topological polar surface area (TPSA) is 66.7 Å². The van der Waals surface area contributed by atoms with E-state index >= 15 is 0 Å². The number of aryl methyl sites for hydroxylation is 1. The maximum Gasteiger partial charge on any atom is 0.276 e. The Bertz CT molecular complexity index is 936. The van der Waals surface area contributed by atoms with Gasteiger partial charge in [0.25, 0.3) is 5.91 Å². The molecular formula is C21H22IN3O3. The van der Waals surface area contributed by atoms with Gasteiger partial charge in [-0.1, -0.05) is 52.9 Å². The Morgan fingerprint density at radius 1 is 1.32 bits per heavy atom. The molecule has 0 N–H and O–H groups in total. The summed E-state index contributed by atoms with van der Waals surface area (Å²) in [6, 6.07) is 8.36. The summed E-state index contributed by atoms with van der Waals surface area (Å²) in [5.41, 5.74) is 3.81. The summed E-state index contributed by atoms with van der Waals surface area (Å²) in [6.07, 6.45) is 6.01. The van der Waals surface area contributed by atoms with Gasteiger partial charge in [0, 0.05) is 25.7 Å². The molecule has 1 aromatic heterocycles. The lowest BCUT2D eigenvalue weighted by molar-refractivity contribution is -0.127. The molecule has 7 heteroatoms. The number of alkyl halides is 1. The number of nitrogens with zero attached hydrogens (tertiary/aromatic N) is 3. The SMILES string of the molecule is CN(C(=O)c1coc(C2=CCN(C(=O)CI)CC2)n1)[C@@H]1CCc2ccccc21. The van der Waals surface area contributed by atoms with Gasteiger partial charge in [-0.05, 0) is 30.4 Å². The molecule has 2 heterocycles. The molecule has 0 spiro atoms. The average molecular weight is 491 g/mol. The number of oxazole rings is 1. The first-order valence-corrected chi connectivity index (χ1v) is 10.9. The first-order chi connectivity index (χ1) is 13.6. The molecule has 0 fully saturated rings. The maximum atomic E-state index is 12.9. The zero-order valence-electron chi connectivity index (χ0n) is 15.7. The molecular weight excluding hydrogens is 469 g/mol. The molecule has 1 atom stereocenters. The van der Waals surface area contributed by atoms with Crippen molar-refractivity contribution in [1.29, 1.82) is 0 Å². The Hall–Kier alpha value is -2.16. The third kappa shape index (κ3) is 3.59. The highest BCUT2D eigenvalue weighted by Gasteiger charge is 2.30. The van der Waals surface area contributed by atoms with Gasteiger partial charge in [0.05, 0.1) is 10.5 Å². The Morgan fingerprint density at radius 3 is 2.89 bits per heavy atom. The number of benzene rings is 1. The van der Waals surface area contributed by atoms with Gasteiger partial charge in [0.15, 0.2) is 5.69 Å².